The van der Waals surface area contributed by atoms with Crippen LogP contribution in [0.4, 0.5) is 0 Å². The number of amides is 1. The number of halogens is 1. The molecule has 0 heterocycles. The van der Waals surface area contributed by atoms with E-state index in [0.29, 0.717) is 24.7 Å². The van der Waals surface area contributed by atoms with Gasteiger partial charge in [0.15, 0.2) is 17.6 Å². The molecule has 6 heteroatoms. The van der Waals surface area contributed by atoms with Gasteiger partial charge in [0.25, 0.3) is 5.91 Å². The molecule has 0 fully saturated rings. The Bertz CT molecular complexity index is 492. The van der Waals surface area contributed by atoms with Gasteiger partial charge in [0.05, 0.1) is 11.1 Å². The van der Waals surface area contributed by atoms with Crippen LogP contribution in [-0.2, 0) is 11.3 Å². The summed E-state index contributed by atoms with van der Waals surface area (Å²) in [4.78, 5) is 11.9. The number of nitrogens with one attached hydrogen (secondary N) is 1. The van der Waals surface area contributed by atoms with Crippen molar-refractivity contribution in [3.63, 3.8) is 0 Å². The predicted molar refractivity (Wildman–Crippen MR) is 86.6 cm³/mol. The molecule has 1 aromatic rings. The van der Waals surface area contributed by atoms with E-state index in [2.05, 4.69) is 21.2 Å². The van der Waals surface area contributed by atoms with Gasteiger partial charge >= 0.3 is 0 Å². The molecular weight excluding hydrogens is 336 g/mol. The monoisotopic (exact) mass is 358 g/mol. The number of carbonyl (C=O) groups excluding carboxylic acids is 1. The number of hydrogen-bond acceptors (Lipinski definition) is 4. The molecule has 0 aliphatic carbocycles. The first-order valence-electron chi connectivity index (χ1n) is 7.01. The van der Waals surface area contributed by atoms with E-state index < -0.39 is 6.10 Å². The second-order valence-corrected chi connectivity index (χ2v) is 5.82. The lowest BCUT2D eigenvalue weighted by Crippen LogP contribution is -2.40. The van der Waals surface area contributed by atoms with Gasteiger partial charge in [-0.25, -0.2) is 0 Å². The second-order valence-electron chi connectivity index (χ2n) is 4.97. The maximum Gasteiger partial charge on any atom is 0.260 e. The average Bonchev–Trinajstić information content (AvgIpc) is 2.41. The summed E-state index contributed by atoms with van der Waals surface area (Å²) in [6.45, 7) is 8.31. The van der Waals surface area contributed by atoms with Gasteiger partial charge in [-0.05, 0) is 61.3 Å². The van der Waals surface area contributed by atoms with Gasteiger partial charge in [-0.15, -0.1) is 0 Å². The Labute approximate surface area is 134 Å². The highest BCUT2D eigenvalue weighted by atomic mass is 79.9. The molecular formula is C15H23BrN2O3. The molecule has 0 aromatic heterocycles. The van der Waals surface area contributed by atoms with E-state index in [1.54, 1.807) is 6.92 Å². The highest BCUT2D eigenvalue weighted by Gasteiger charge is 2.20. The highest BCUT2D eigenvalue weighted by molar-refractivity contribution is 9.10. The summed E-state index contributed by atoms with van der Waals surface area (Å²) in [5, 5.41) is 2.82. The fourth-order valence-corrected chi connectivity index (χ4v) is 2.33. The first kappa shape index (κ1) is 17.8. The fraction of sp³-hybridized carbons (Fsp3) is 0.533. The smallest absolute Gasteiger partial charge is 0.260 e. The molecule has 0 aliphatic heterocycles. The Morgan fingerprint density at radius 2 is 2.05 bits per heavy atom. The number of hydrogen-bond donors (Lipinski definition) is 2. The number of carbonyl (C=O) groups is 1. The van der Waals surface area contributed by atoms with Crippen LogP contribution in [0.5, 0.6) is 11.5 Å². The van der Waals surface area contributed by atoms with Gasteiger partial charge in [0, 0.05) is 12.6 Å². The van der Waals surface area contributed by atoms with Crippen LogP contribution in [0, 0.1) is 0 Å². The summed E-state index contributed by atoms with van der Waals surface area (Å²) in [6.07, 6.45) is -0.619. The molecule has 0 aliphatic rings. The molecule has 21 heavy (non-hydrogen) atoms. The zero-order chi connectivity index (χ0) is 16.0. The molecule has 5 nitrogen and oxygen atoms in total. The summed E-state index contributed by atoms with van der Waals surface area (Å²) in [6, 6.07) is 3.76. The SMILES string of the molecule is CCOc1cc(CN)cc(Br)c1OC(C)C(=O)NC(C)C. The standard InChI is InChI=1S/C15H23BrN2O3/c1-5-20-13-7-11(8-17)6-12(16)14(13)21-10(4)15(19)18-9(2)3/h6-7,9-10H,5,8,17H2,1-4H3,(H,18,19). The van der Waals surface area contributed by atoms with Crippen LogP contribution in [0.3, 0.4) is 0 Å². The molecule has 1 aromatic carbocycles. The van der Waals surface area contributed by atoms with Gasteiger partial charge in [-0.2, -0.15) is 0 Å². The van der Waals surface area contributed by atoms with Gasteiger partial charge in [0.1, 0.15) is 0 Å². The summed E-state index contributed by atoms with van der Waals surface area (Å²) >= 11 is 3.44. The Balaban J connectivity index is 2.98. The summed E-state index contributed by atoms with van der Waals surface area (Å²) < 4.78 is 12.1. The minimum Gasteiger partial charge on any atom is -0.490 e. The highest BCUT2D eigenvalue weighted by Crippen LogP contribution is 2.37. The van der Waals surface area contributed by atoms with E-state index in [9.17, 15) is 4.79 Å². The summed E-state index contributed by atoms with van der Waals surface area (Å²) in [5.74, 6) is 0.930. The number of nitrogens with two attached hydrogens (primary N) is 1. The maximum atomic E-state index is 11.9. The van der Waals surface area contributed by atoms with Crippen LogP contribution in [0.1, 0.15) is 33.3 Å². The third-order valence-corrected chi connectivity index (χ3v) is 3.29. The minimum atomic E-state index is -0.619. The van der Waals surface area contributed by atoms with Gasteiger partial charge < -0.3 is 20.5 Å². The number of rotatable bonds is 7. The van der Waals surface area contributed by atoms with E-state index in [-0.39, 0.29) is 11.9 Å². The van der Waals surface area contributed by atoms with Crippen molar-refractivity contribution in [2.75, 3.05) is 6.61 Å². The lowest BCUT2D eigenvalue weighted by Gasteiger charge is -2.20. The molecule has 3 N–H and O–H groups in total. The van der Waals surface area contributed by atoms with Crippen LogP contribution in [0.2, 0.25) is 0 Å². The van der Waals surface area contributed by atoms with Gasteiger partial charge in [0.2, 0.25) is 0 Å². The molecule has 1 unspecified atom stereocenters. The lowest BCUT2D eigenvalue weighted by molar-refractivity contribution is -0.127. The normalized spacial score (nSPS) is 12.1. The van der Waals surface area contributed by atoms with Crippen molar-refractivity contribution in [1.29, 1.82) is 0 Å². The third-order valence-electron chi connectivity index (χ3n) is 2.70. The lowest BCUT2D eigenvalue weighted by atomic mass is 10.2. The van der Waals surface area contributed by atoms with Crippen LogP contribution in [-0.4, -0.2) is 24.7 Å². The predicted octanol–water partition coefficient (Wildman–Crippen LogP) is 2.60. The molecule has 118 valence electrons. The third kappa shape index (κ3) is 5.21. The topological polar surface area (TPSA) is 73.6 Å². The Morgan fingerprint density at radius 3 is 2.57 bits per heavy atom. The van der Waals surface area contributed by atoms with E-state index in [1.807, 2.05) is 32.9 Å². The van der Waals surface area contributed by atoms with Crippen LogP contribution in [0.15, 0.2) is 16.6 Å². The van der Waals surface area contributed by atoms with Crippen molar-refractivity contribution in [2.45, 2.75) is 46.4 Å². The van der Waals surface area contributed by atoms with Crippen molar-refractivity contribution in [2.24, 2.45) is 5.73 Å². The molecule has 0 spiro atoms. The van der Waals surface area contributed by atoms with Crippen molar-refractivity contribution in [3.8, 4) is 11.5 Å². The van der Waals surface area contributed by atoms with Crippen LogP contribution < -0.4 is 20.5 Å². The zero-order valence-electron chi connectivity index (χ0n) is 12.9. The Kier molecular flexibility index (Phi) is 6.98. The van der Waals surface area contributed by atoms with E-state index in [0.717, 1.165) is 10.0 Å². The Morgan fingerprint density at radius 1 is 1.38 bits per heavy atom. The van der Waals surface area contributed by atoms with Crippen molar-refractivity contribution in [1.82, 2.24) is 5.32 Å². The molecule has 0 saturated heterocycles. The molecule has 1 atom stereocenters. The van der Waals surface area contributed by atoms with Gasteiger partial charge in [-0.3, -0.25) is 4.79 Å². The van der Waals surface area contributed by atoms with Crippen molar-refractivity contribution < 1.29 is 14.3 Å². The van der Waals surface area contributed by atoms with Crippen LogP contribution in [0.25, 0.3) is 0 Å². The molecule has 1 amide bonds. The van der Waals surface area contributed by atoms with Crippen molar-refractivity contribution >= 4 is 21.8 Å². The largest absolute Gasteiger partial charge is 0.490 e. The quantitative estimate of drug-likeness (QED) is 0.785. The first-order chi connectivity index (χ1) is 9.88. The Hall–Kier alpha value is -1.27. The van der Waals surface area contributed by atoms with Crippen molar-refractivity contribution in [3.05, 3.63) is 22.2 Å². The molecule has 0 radical (unpaired) electrons. The zero-order valence-corrected chi connectivity index (χ0v) is 14.5. The van der Waals surface area contributed by atoms with E-state index in [4.69, 9.17) is 15.2 Å². The van der Waals surface area contributed by atoms with Gasteiger partial charge in [-0.1, -0.05) is 0 Å². The molecule has 0 saturated carbocycles. The number of ether oxygens (including phenoxy) is 2. The average molecular weight is 359 g/mol. The van der Waals surface area contributed by atoms with E-state index >= 15 is 0 Å². The summed E-state index contributed by atoms with van der Waals surface area (Å²) in [5.41, 5.74) is 6.58. The van der Waals surface area contributed by atoms with Crippen LogP contribution >= 0.6 is 15.9 Å². The molecule has 0 bridgehead atoms. The molecule has 1 rings (SSSR count). The maximum absolute atomic E-state index is 11.9. The second kappa shape index (κ2) is 8.24. The first-order valence-corrected chi connectivity index (χ1v) is 7.80. The fourth-order valence-electron chi connectivity index (χ4n) is 1.75. The van der Waals surface area contributed by atoms with E-state index in [1.165, 1.54) is 0 Å². The number of benzene rings is 1. The summed E-state index contributed by atoms with van der Waals surface area (Å²) in [7, 11) is 0. The minimum absolute atomic E-state index is 0.0676.